The number of rotatable bonds is 24. The largest absolute Gasteiger partial charge is 0.466 e. The van der Waals surface area contributed by atoms with Gasteiger partial charge in [0.15, 0.2) is 0 Å². The van der Waals surface area contributed by atoms with Crippen molar-refractivity contribution >= 4 is 5.97 Å². The minimum atomic E-state index is 0.0118. The van der Waals surface area contributed by atoms with Crippen LogP contribution in [0.4, 0.5) is 0 Å². The highest BCUT2D eigenvalue weighted by Crippen LogP contribution is 2.11. The van der Waals surface area contributed by atoms with Gasteiger partial charge in [-0.3, -0.25) is 4.79 Å². The summed E-state index contributed by atoms with van der Waals surface area (Å²) in [6.07, 6.45) is 32.4. The van der Waals surface area contributed by atoms with Crippen LogP contribution in [0.15, 0.2) is 12.2 Å². The number of ether oxygens (including phenoxy) is 1. The number of hydrogen-bond donors (Lipinski definition) is 0. The Hall–Kier alpha value is -0.790. The highest BCUT2D eigenvalue weighted by Gasteiger charge is 2.02. The molecular formula is C28H54O2. The Morgan fingerprint density at radius 1 is 0.533 bits per heavy atom. The lowest BCUT2D eigenvalue weighted by molar-refractivity contribution is -0.143. The van der Waals surface area contributed by atoms with E-state index in [1.54, 1.807) is 0 Å². The van der Waals surface area contributed by atoms with E-state index in [2.05, 4.69) is 26.0 Å². The highest BCUT2D eigenvalue weighted by molar-refractivity contribution is 5.69. The number of hydrogen-bond acceptors (Lipinski definition) is 2. The molecule has 0 aliphatic heterocycles. The quantitative estimate of drug-likeness (QED) is 0.0878. The van der Waals surface area contributed by atoms with Crippen LogP contribution in [-0.4, -0.2) is 12.6 Å². The molecule has 0 bridgehead atoms. The predicted molar refractivity (Wildman–Crippen MR) is 133 cm³/mol. The maximum absolute atomic E-state index is 11.8. The van der Waals surface area contributed by atoms with Gasteiger partial charge < -0.3 is 4.74 Å². The third-order valence-electron chi connectivity index (χ3n) is 5.90. The Kier molecular flexibility index (Phi) is 25.6. The van der Waals surface area contributed by atoms with E-state index in [9.17, 15) is 4.79 Å². The molecule has 0 saturated carbocycles. The van der Waals surface area contributed by atoms with E-state index in [-0.39, 0.29) is 5.97 Å². The van der Waals surface area contributed by atoms with Crippen LogP contribution in [-0.2, 0) is 9.53 Å². The normalized spacial score (nSPS) is 11.4. The Balaban J connectivity index is 3.19. The van der Waals surface area contributed by atoms with Gasteiger partial charge in [0.2, 0.25) is 0 Å². The van der Waals surface area contributed by atoms with Gasteiger partial charge in [0, 0.05) is 6.42 Å². The monoisotopic (exact) mass is 422 g/mol. The molecular weight excluding hydrogens is 368 g/mol. The second-order valence-electron chi connectivity index (χ2n) is 9.03. The van der Waals surface area contributed by atoms with Crippen molar-refractivity contribution in [3.63, 3.8) is 0 Å². The minimum Gasteiger partial charge on any atom is -0.466 e. The Labute approximate surface area is 189 Å². The smallest absolute Gasteiger partial charge is 0.305 e. The summed E-state index contributed by atoms with van der Waals surface area (Å²) < 4.78 is 5.36. The zero-order valence-corrected chi connectivity index (χ0v) is 20.7. The van der Waals surface area contributed by atoms with Crippen LogP contribution in [0.2, 0.25) is 0 Å². The molecule has 0 unspecified atom stereocenters. The van der Waals surface area contributed by atoms with Crippen molar-refractivity contribution in [1.82, 2.24) is 0 Å². The van der Waals surface area contributed by atoms with Crippen molar-refractivity contribution in [1.29, 1.82) is 0 Å². The zero-order chi connectivity index (χ0) is 22.0. The third-order valence-corrected chi connectivity index (χ3v) is 5.90. The first-order valence-electron chi connectivity index (χ1n) is 13.6. The molecule has 0 heterocycles. The fourth-order valence-corrected chi connectivity index (χ4v) is 3.83. The third kappa shape index (κ3) is 25.2. The van der Waals surface area contributed by atoms with Crippen molar-refractivity contribution in [3.8, 4) is 0 Å². The predicted octanol–water partition coefficient (Wildman–Crippen LogP) is 9.71. The highest BCUT2D eigenvalue weighted by atomic mass is 16.5. The Morgan fingerprint density at radius 2 is 0.933 bits per heavy atom. The average molecular weight is 423 g/mol. The van der Waals surface area contributed by atoms with Gasteiger partial charge in [-0.15, -0.1) is 0 Å². The molecule has 2 heteroatoms. The summed E-state index contributed by atoms with van der Waals surface area (Å²) in [6.45, 7) is 5.15. The van der Waals surface area contributed by atoms with Gasteiger partial charge in [-0.25, -0.2) is 0 Å². The van der Waals surface area contributed by atoms with Crippen LogP contribution in [0, 0.1) is 0 Å². The van der Waals surface area contributed by atoms with Crippen molar-refractivity contribution in [2.75, 3.05) is 6.61 Å². The zero-order valence-electron chi connectivity index (χ0n) is 20.7. The summed E-state index contributed by atoms with van der Waals surface area (Å²) in [6, 6.07) is 0. The summed E-state index contributed by atoms with van der Waals surface area (Å²) in [5.74, 6) is 0.0118. The van der Waals surface area contributed by atoms with Gasteiger partial charge in [0.05, 0.1) is 6.61 Å². The molecule has 0 rings (SSSR count). The van der Waals surface area contributed by atoms with Gasteiger partial charge in [-0.2, -0.15) is 0 Å². The molecule has 0 N–H and O–H groups in total. The van der Waals surface area contributed by atoms with E-state index in [1.807, 2.05) is 0 Å². The number of allylic oxidation sites excluding steroid dienone is 2. The van der Waals surface area contributed by atoms with Crippen LogP contribution in [0.25, 0.3) is 0 Å². The van der Waals surface area contributed by atoms with Crippen LogP contribution in [0.1, 0.15) is 155 Å². The molecule has 2 nitrogen and oxygen atoms in total. The van der Waals surface area contributed by atoms with Gasteiger partial charge in [-0.05, 0) is 38.5 Å². The minimum absolute atomic E-state index is 0.0118. The molecule has 30 heavy (non-hydrogen) atoms. The first kappa shape index (κ1) is 29.2. The summed E-state index contributed by atoms with van der Waals surface area (Å²) in [5, 5.41) is 0. The average Bonchev–Trinajstić information content (AvgIpc) is 2.75. The lowest BCUT2D eigenvalue weighted by Crippen LogP contribution is -2.05. The summed E-state index contributed by atoms with van der Waals surface area (Å²) in [5.41, 5.74) is 0. The number of carbonyl (C=O) groups is 1. The van der Waals surface area contributed by atoms with Crippen LogP contribution in [0.5, 0.6) is 0 Å². The first-order chi connectivity index (χ1) is 14.8. The molecule has 0 fully saturated rings. The van der Waals surface area contributed by atoms with Crippen molar-refractivity contribution in [2.24, 2.45) is 0 Å². The lowest BCUT2D eigenvalue weighted by Gasteiger charge is -2.05. The summed E-state index contributed by atoms with van der Waals surface area (Å²) in [7, 11) is 0. The molecule has 178 valence electrons. The number of carbonyl (C=O) groups excluding carboxylic acids is 1. The second kappa shape index (κ2) is 26.2. The van der Waals surface area contributed by atoms with Crippen LogP contribution >= 0.6 is 0 Å². The summed E-state index contributed by atoms with van der Waals surface area (Å²) in [4.78, 5) is 11.8. The topological polar surface area (TPSA) is 26.3 Å². The first-order valence-corrected chi connectivity index (χ1v) is 13.6. The van der Waals surface area contributed by atoms with E-state index < -0.39 is 0 Å². The SMILES string of the molecule is CCCCCCCC=CCCCCCCCCC(=O)OCCCCCCCCCC. The van der Waals surface area contributed by atoms with Crippen LogP contribution in [0.3, 0.4) is 0 Å². The van der Waals surface area contributed by atoms with E-state index >= 15 is 0 Å². The van der Waals surface area contributed by atoms with E-state index in [4.69, 9.17) is 4.74 Å². The van der Waals surface area contributed by atoms with Crippen molar-refractivity contribution in [3.05, 3.63) is 12.2 Å². The number of unbranched alkanes of at least 4 members (excludes halogenated alkanes) is 18. The molecule has 0 aromatic carbocycles. The summed E-state index contributed by atoms with van der Waals surface area (Å²) >= 11 is 0. The van der Waals surface area contributed by atoms with Crippen LogP contribution < -0.4 is 0 Å². The molecule has 0 aromatic rings. The molecule has 0 saturated heterocycles. The fraction of sp³-hybridized carbons (Fsp3) is 0.893. The lowest BCUT2D eigenvalue weighted by atomic mass is 10.1. The van der Waals surface area contributed by atoms with Crippen molar-refractivity contribution < 1.29 is 9.53 Å². The molecule has 0 aliphatic rings. The van der Waals surface area contributed by atoms with Gasteiger partial charge in [0.1, 0.15) is 0 Å². The maximum Gasteiger partial charge on any atom is 0.305 e. The Bertz CT molecular complexity index is 362. The number of esters is 1. The standard InChI is InChI=1S/C28H54O2/c1-3-5-7-9-11-13-14-15-16-17-18-19-20-22-24-26-28(29)30-27-25-23-21-12-10-8-6-4-2/h14-15H,3-13,16-27H2,1-2H3. The van der Waals surface area contributed by atoms with Gasteiger partial charge in [0.25, 0.3) is 0 Å². The van der Waals surface area contributed by atoms with Gasteiger partial charge >= 0.3 is 5.97 Å². The molecule has 0 spiro atoms. The Morgan fingerprint density at radius 3 is 1.43 bits per heavy atom. The molecule has 0 aliphatic carbocycles. The maximum atomic E-state index is 11.8. The molecule has 0 radical (unpaired) electrons. The van der Waals surface area contributed by atoms with E-state index in [0.717, 1.165) is 12.8 Å². The molecule has 0 aromatic heterocycles. The van der Waals surface area contributed by atoms with Gasteiger partial charge in [-0.1, -0.05) is 122 Å². The van der Waals surface area contributed by atoms with E-state index in [1.165, 1.54) is 122 Å². The van der Waals surface area contributed by atoms with Crippen molar-refractivity contribution in [2.45, 2.75) is 155 Å². The molecule has 0 atom stereocenters. The van der Waals surface area contributed by atoms with E-state index in [0.29, 0.717) is 13.0 Å². The molecule has 0 amide bonds. The fourth-order valence-electron chi connectivity index (χ4n) is 3.83. The second-order valence-corrected chi connectivity index (χ2v) is 9.03.